The summed E-state index contributed by atoms with van der Waals surface area (Å²) >= 11 is 0. The number of halogens is 1. The van der Waals surface area contributed by atoms with Crippen LogP contribution in [0.4, 0.5) is 32.3 Å². The number of hydrogen-bond acceptors (Lipinski definition) is 9. The minimum Gasteiger partial charge on any atom is -0.490 e. The number of nitrogens with one attached hydrogen (secondary N) is 2. The molecule has 11 nitrogen and oxygen atoms in total. The molecule has 3 aromatic carbocycles. The largest absolute Gasteiger partial charge is 0.490 e. The molecule has 0 saturated carbocycles. The Kier molecular flexibility index (Phi) is 13.5. The number of anilines is 4. The van der Waals surface area contributed by atoms with Gasteiger partial charge in [-0.25, -0.2) is 19.1 Å². The van der Waals surface area contributed by atoms with Gasteiger partial charge in [-0.05, 0) is 88.0 Å². The van der Waals surface area contributed by atoms with Crippen molar-refractivity contribution in [3.63, 3.8) is 0 Å². The van der Waals surface area contributed by atoms with Gasteiger partial charge in [0, 0.05) is 69.2 Å². The van der Waals surface area contributed by atoms with Crippen molar-refractivity contribution in [2.24, 2.45) is 0 Å². The quantitative estimate of drug-likeness (QED) is 0.124. The highest BCUT2D eigenvalue weighted by Crippen LogP contribution is 2.30. The molecule has 52 heavy (non-hydrogen) atoms. The van der Waals surface area contributed by atoms with Gasteiger partial charge in [-0.1, -0.05) is 37.3 Å². The lowest BCUT2D eigenvalue weighted by atomic mass is 10.1. The fourth-order valence-corrected chi connectivity index (χ4v) is 5.88. The molecule has 4 aromatic rings. The Balaban J connectivity index is 1.31. The van der Waals surface area contributed by atoms with E-state index in [2.05, 4.69) is 37.4 Å². The van der Waals surface area contributed by atoms with Crippen LogP contribution >= 0.6 is 0 Å². The number of ether oxygens (including phenoxy) is 2. The summed E-state index contributed by atoms with van der Waals surface area (Å²) in [5.41, 5.74) is 3.40. The monoisotopic (exact) mass is 711 g/mol. The zero-order valence-corrected chi connectivity index (χ0v) is 30.8. The van der Waals surface area contributed by atoms with E-state index in [0.717, 1.165) is 62.3 Å². The van der Waals surface area contributed by atoms with Gasteiger partial charge < -0.3 is 29.9 Å². The van der Waals surface area contributed by atoms with Crippen LogP contribution in [0.2, 0.25) is 0 Å². The van der Waals surface area contributed by atoms with E-state index in [0.29, 0.717) is 36.6 Å². The fourth-order valence-electron chi connectivity index (χ4n) is 5.88. The van der Waals surface area contributed by atoms with Gasteiger partial charge in [-0.2, -0.15) is 4.98 Å². The average molecular weight is 712 g/mol. The number of benzene rings is 3. The summed E-state index contributed by atoms with van der Waals surface area (Å²) in [4.78, 5) is 41.6. The lowest BCUT2D eigenvalue weighted by Crippen LogP contribution is -2.44. The number of hydrogen-bond donors (Lipinski definition) is 2. The summed E-state index contributed by atoms with van der Waals surface area (Å²) < 4.78 is 26.8. The maximum Gasteiger partial charge on any atom is 0.425 e. The zero-order chi connectivity index (χ0) is 37.0. The Hall–Kier alpha value is -5.07. The first-order chi connectivity index (χ1) is 25.1. The second-order valence-electron chi connectivity index (χ2n) is 13.3. The zero-order valence-electron chi connectivity index (χ0n) is 30.8. The van der Waals surface area contributed by atoms with E-state index in [1.165, 1.54) is 17.2 Å². The lowest BCUT2D eigenvalue weighted by Gasteiger charge is -2.32. The third-order valence-corrected chi connectivity index (χ3v) is 9.14. The molecule has 2 heterocycles. The number of piperazine rings is 1. The molecule has 2 amide bonds. The van der Waals surface area contributed by atoms with E-state index in [9.17, 15) is 9.59 Å². The molecule has 0 spiro atoms. The average Bonchev–Trinajstić information content (AvgIpc) is 3.13. The number of carbonyl (C=O) groups excluding carboxylic acids is 2. The summed E-state index contributed by atoms with van der Waals surface area (Å²) in [6.07, 6.45) is 3.28. The highest BCUT2D eigenvalue weighted by Gasteiger charge is 2.24. The topological polar surface area (TPSA) is 112 Å². The third kappa shape index (κ3) is 10.7. The first kappa shape index (κ1) is 38.2. The van der Waals surface area contributed by atoms with Gasteiger partial charge in [0.1, 0.15) is 11.6 Å². The lowest BCUT2D eigenvalue weighted by molar-refractivity contribution is -0.121. The highest BCUT2D eigenvalue weighted by molar-refractivity contribution is 5.96. The van der Waals surface area contributed by atoms with Crippen molar-refractivity contribution >= 4 is 35.1 Å². The van der Waals surface area contributed by atoms with Crippen LogP contribution in [0.1, 0.15) is 49.8 Å². The van der Waals surface area contributed by atoms with Crippen LogP contribution < -0.4 is 25.0 Å². The Morgan fingerprint density at radius 3 is 2.48 bits per heavy atom. The second kappa shape index (κ2) is 18.4. The minimum absolute atomic E-state index is 0.0326. The van der Waals surface area contributed by atoms with E-state index in [1.807, 2.05) is 64.1 Å². The van der Waals surface area contributed by atoms with E-state index < -0.39 is 11.9 Å². The molecule has 1 aliphatic heterocycles. The summed E-state index contributed by atoms with van der Waals surface area (Å²) in [6, 6.07) is 19.3. The summed E-state index contributed by atoms with van der Waals surface area (Å²) in [5.74, 6) is 0.488. The molecule has 1 fully saturated rings. The Morgan fingerprint density at radius 2 is 1.75 bits per heavy atom. The molecular formula is C40H50FN7O4. The summed E-state index contributed by atoms with van der Waals surface area (Å²) in [5, 5.41) is 6.05. The van der Waals surface area contributed by atoms with Crippen molar-refractivity contribution in [1.29, 1.82) is 0 Å². The number of carbonyl (C=O) groups is 2. The van der Waals surface area contributed by atoms with Crippen LogP contribution in [0.5, 0.6) is 11.5 Å². The predicted octanol–water partition coefficient (Wildman–Crippen LogP) is 7.18. The third-order valence-electron chi connectivity index (χ3n) is 9.14. The second-order valence-corrected chi connectivity index (χ2v) is 13.3. The molecule has 1 unspecified atom stereocenters. The fraction of sp³-hybridized carbons (Fsp3) is 0.400. The van der Waals surface area contributed by atoms with Gasteiger partial charge in [0.2, 0.25) is 11.9 Å². The molecule has 0 bridgehead atoms. The van der Waals surface area contributed by atoms with Crippen molar-refractivity contribution in [1.82, 2.24) is 25.1 Å². The molecular weight excluding hydrogens is 661 g/mol. The first-order valence-corrected chi connectivity index (χ1v) is 18.0. The summed E-state index contributed by atoms with van der Waals surface area (Å²) in [6.45, 7) is 13.3. The van der Waals surface area contributed by atoms with E-state index in [4.69, 9.17) is 9.47 Å². The number of amides is 2. The number of nitrogens with zero attached hydrogens (tertiary/aromatic N) is 5. The molecule has 0 radical (unpaired) electrons. The van der Waals surface area contributed by atoms with Crippen molar-refractivity contribution in [3.8, 4) is 11.5 Å². The molecule has 1 saturated heterocycles. The normalized spacial score (nSPS) is 14.0. The number of aromatic nitrogens is 2. The van der Waals surface area contributed by atoms with Crippen LogP contribution in [0.15, 0.2) is 72.9 Å². The van der Waals surface area contributed by atoms with Gasteiger partial charge in [-0.3, -0.25) is 4.79 Å². The van der Waals surface area contributed by atoms with Crippen molar-refractivity contribution in [2.45, 2.75) is 59.4 Å². The maximum atomic E-state index is 15.1. The molecule has 5 rings (SSSR count). The smallest absolute Gasteiger partial charge is 0.425 e. The van der Waals surface area contributed by atoms with Gasteiger partial charge in [0.25, 0.3) is 0 Å². The SMILES string of the molecule is CCC(C)NC(=O)CCc1cccc(N(C(=O)Oc2c(C)cccc2C)c2ccnc(Nc3ccc(OCCCN4CCN(C)CC4)c(F)c3)n2)c1. The number of para-hydroxylation sites is 1. The molecule has 0 aliphatic carbocycles. The standard InChI is InChI=1S/C40H50FN7O4/c1-6-30(4)43-37(49)17-14-31-12-8-13-33(26-31)48(40(50)52-38-28(2)10-7-11-29(38)3)36-18-19-42-39(45-36)44-32-15-16-35(34(41)27-32)51-25-9-20-47-23-21-46(5)22-24-47/h7-8,10-13,15-16,18-19,26-27,30H,6,9,14,17,20-25H2,1-5H3,(H,43,49)(H,42,44,45). The number of rotatable bonds is 15. The Morgan fingerprint density at radius 1 is 1.00 bits per heavy atom. The van der Waals surface area contributed by atoms with Gasteiger partial charge in [-0.15, -0.1) is 0 Å². The summed E-state index contributed by atoms with van der Waals surface area (Å²) in [7, 11) is 2.13. The van der Waals surface area contributed by atoms with Crippen LogP contribution in [-0.2, 0) is 11.2 Å². The molecule has 12 heteroatoms. The molecule has 276 valence electrons. The van der Waals surface area contributed by atoms with Crippen molar-refractivity contribution < 1.29 is 23.5 Å². The minimum atomic E-state index is -0.672. The van der Waals surface area contributed by atoms with Gasteiger partial charge >= 0.3 is 6.09 Å². The van der Waals surface area contributed by atoms with Gasteiger partial charge in [0.15, 0.2) is 11.6 Å². The Labute approximate surface area is 306 Å². The Bertz CT molecular complexity index is 1790. The van der Waals surface area contributed by atoms with Crippen molar-refractivity contribution in [3.05, 3.63) is 95.4 Å². The number of likely N-dealkylation sites (N-methyl/N-ethyl adjacent to an activating group) is 1. The van der Waals surface area contributed by atoms with Crippen LogP contribution in [0, 0.1) is 19.7 Å². The molecule has 1 atom stereocenters. The molecule has 1 aliphatic rings. The van der Waals surface area contributed by atoms with E-state index >= 15 is 4.39 Å². The number of aryl methyl sites for hydroxylation is 3. The van der Waals surface area contributed by atoms with Crippen molar-refractivity contribution in [2.75, 3.05) is 56.6 Å². The van der Waals surface area contributed by atoms with E-state index in [1.54, 1.807) is 24.3 Å². The highest BCUT2D eigenvalue weighted by atomic mass is 19.1. The van der Waals surface area contributed by atoms with Crippen LogP contribution in [-0.4, -0.2) is 84.2 Å². The van der Waals surface area contributed by atoms with E-state index in [-0.39, 0.29) is 29.5 Å². The molecule has 2 N–H and O–H groups in total. The van der Waals surface area contributed by atoms with Crippen LogP contribution in [0.3, 0.4) is 0 Å². The van der Waals surface area contributed by atoms with Crippen LogP contribution in [0.25, 0.3) is 0 Å². The maximum absolute atomic E-state index is 15.1. The van der Waals surface area contributed by atoms with Gasteiger partial charge in [0.05, 0.1) is 12.3 Å². The first-order valence-electron chi connectivity index (χ1n) is 18.0. The predicted molar refractivity (Wildman–Crippen MR) is 203 cm³/mol. The molecule has 1 aromatic heterocycles.